The maximum atomic E-state index is 10.4. The van der Waals surface area contributed by atoms with Gasteiger partial charge in [0.15, 0.2) is 11.5 Å². The first-order chi connectivity index (χ1) is 7.54. The van der Waals surface area contributed by atoms with E-state index in [4.69, 9.17) is 14.9 Å². The molecule has 0 aliphatic carbocycles. The molecule has 8 heteroatoms. The molecule has 17 heavy (non-hydrogen) atoms. The van der Waals surface area contributed by atoms with E-state index < -0.39 is 17.6 Å². The van der Waals surface area contributed by atoms with Gasteiger partial charge in [-0.1, -0.05) is 0 Å². The molecule has 0 aliphatic rings. The van der Waals surface area contributed by atoms with Gasteiger partial charge in [-0.15, -0.1) is 12.4 Å². The van der Waals surface area contributed by atoms with Crippen LogP contribution >= 0.6 is 12.4 Å². The minimum Gasteiger partial charge on any atom is -0.504 e. The Morgan fingerprint density at radius 2 is 2.12 bits per heavy atom. The molecule has 0 fully saturated rings. The molecular formula is C9H12ClNO6. The number of halogens is 1. The molecule has 0 amide bonds. The van der Waals surface area contributed by atoms with Crippen LogP contribution in [0.4, 0.5) is 5.69 Å². The highest BCUT2D eigenvalue weighted by molar-refractivity contribution is 5.85. The number of hydrogen-bond acceptors (Lipinski definition) is 6. The van der Waals surface area contributed by atoms with Crippen LogP contribution in [0, 0.1) is 10.1 Å². The van der Waals surface area contributed by atoms with Gasteiger partial charge >= 0.3 is 0 Å². The zero-order chi connectivity index (χ0) is 12.1. The van der Waals surface area contributed by atoms with Crippen molar-refractivity contribution in [1.82, 2.24) is 0 Å². The largest absolute Gasteiger partial charge is 0.504 e. The van der Waals surface area contributed by atoms with Crippen molar-refractivity contribution in [3.8, 4) is 11.5 Å². The summed E-state index contributed by atoms with van der Waals surface area (Å²) in [7, 11) is 0. The second kappa shape index (κ2) is 6.89. The van der Waals surface area contributed by atoms with E-state index in [9.17, 15) is 15.2 Å². The Hall–Kier alpha value is -1.57. The van der Waals surface area contributed by atoms with E-state index in [-0.39, 0.29) is 36.2 Å². The number of aromatic hydroxyl groups is 1. The molecule has 0 aliphatic heterocycles. The Morgan fingerprint density at radius 1 is 1.47 bits per heavy atom. The summed E-state index contributed by atoms with van der Waals surface area (Å²) in [5.41, 5.74) is -0.257. The number of ether oxygens (including phenoxy) is 1. The number of nitro groups is 1. The topological polar surface area (TPSA) is 113 Å². The van der Waals surface area contributed by atoms with Gasteiger partial charge in [-0.25, -0.2) is 0 Å². The van der Waals surface area contributed by atoms with Crippen molar-refractivity contribution in [2.75, 3.05) is 13.2 Å². The number of nitrogens with zero attached hydrogens (tertiary/aromatic N) is 1. The second-order valence-corrected chi connectivity index (χ2v) is 3.06. The third kappa shape index (κ3) is 4.43. The Bertz CT molecular complexity index is 386. The summed E-state index contributed by atoms with van der Waals surface area (Å²) in [6.45, 7) is -0.671. The van der Waals surface area contributed by atoms with Crippen LogP contribution < -0.4 is 4.74 Å². The van der Waals surface area contributed by atoms with Crippen LogP contribution in [-0.2, 0) is 0 Å². The van der Waals surface area contributed by atoms with E-state index >= 15 is 0 Å². The molecule has 7 nitrogen and oxygen atoms in total. The third-order valence-corrected chi connectivity index (χ3v) is 1.80. The van der Waals surface area contributed by atoms with Crippen LogP contribution in [0.1, 0.15) is 0 Å². The van der Waals surface area contributed by atoms with E-state index in [1.54, 1.807) is 0 Å². The number of aliphatic hydroxyl groups excluding tert-OH is 2. The van der Waals surface area contributed by atoms with Crippen molar-refractivity contribution in [2.24, 2.45) is 0 Å². The Labute approximate surface area is 103 Å². The zero-order valence-corrected chi connectivity index (χ0v) is 9.46. The first-order valence-electron chi connectivity index (χ1n) is 4.43. The van der Waals surface area contributed by atoms with Crippen LogP contribution in [0.25, 0.3) is 0 Å². The fraction of sp³-hybridized carbons (Fsp3) is 0.333. The average molecular weight is 266 g/mol. The normalized spacial score (nSPS) is 11.4. The molecular weight excluding hydrogens is 254 g/mol. The van der Waals surface area contributed by atoms with Gasteiger partial charge < -0.3 is 20.1 Å². The minimum absolute atomic E-state index is 0. The smallest absolute Gasteiger partial charge is 0.273 e. The molecule has 1 aromatic rings. The lowest BCUT2D eigenvalue weighted by Crippen LogP contribution is -2.21. The highest BCUT2D eigenvalue weighted by Gasteiger charge is 2.12. The van der Waals surface area contributed by atoms with Gasteiger partial charge in [0.1, 0.15) is 12.7 Å². The lowest BCUT2D eigenvalue weighted by atomic mass is 10.3. The number of phenols is 1. The average Bonchev–Trinajstić information content (AvgIpc) is 2.26. The molecule has 1 rings (SSSR count). The standard InChI is InChI=1S/C9H11NO6.ClH/c11-4-7(12)5-16-9-2-1-6(10(14)15)3-8(9)13;/h1-3,7,11-13H,4-5H2;1H. The van der Waals surface area contributed by atoms with E-state index in [1.807, 2.05) is 0 Å². The maximum absolute atomic E-state index is 10.4. The van der Waals surface area contributed by atoms with Crippen molar-refractivity contribution in [3.05, 3.63) is 28.3 Å². The molecule has 0 radical (unpaired) electrons. The fourth-order valence-corrected chi connectivity index (χ4v) is 0.980. The number of non-ortho nitro benzene ring substituents is 1. The van der Waals surface area contributed by atoms with E-state index in [0.717, 1.165) is 6.07 Å². The van der Waals surface area contributed by atoms with Gasteiger partial charge in [-0.3, -0.25) is 10.1 Å². The maximum Gasteiger partial charge on any atom is 0.273 e. The predicted octanol–water partition coefficient (Wildman–Crippen LogP) is 0.454. The Balaban J connectivity index is 0.00000256. The van der Waals surface area contributed by atoms with Crippen molar-refractivity contribution in [3.63, 3.8) is 0 Å². The fourth-order valence-electron chi connectivity index (χ4n) is 0.980. The van der Waals surface area contributed by atoms with E-state index in [0.29, 0.717) is 0 Å². The number of nitro benzene ring substituents is 1. The summed E-state index contributed by atoms with van der Waals surface area (Å²) in [6.07, 6.45) is -1.06. The van der Waals surface area contributed by atoms with Crippen LogP contribution in [-0.4, -0.2) is 39.6 Å². The molecule has 96 valence electrons. The second-order valence-electron chi connectivity index (χ2n) is 3.06. The van der Waals surface area contributed by atoms with E-state index in [1.165, 1.54) is 12.1 Å². The quantitative estimate of drug-likeness (QED) is 0.526. The molecule has 3 N–H and O–H groups in total. The van der Waals surface area contributed by atoms with Crippen molar-refractivity contribution in [2.45, 2.75) is 6.10 Å². The molecule has 1 atom stereocenters. The molecule has 0 bridgehead atoms. The summed E-state index contributed by atoms with van der Waals surface area (Å²) in [5.74, 6) is -0.377. The van der Waals surface area contributed by atoms with Gasteiger partial charge in [0.2, 0.25) is 0 Å². The lowest BCUT2D eigenvalue weighted by Gasteiger charge is -2.10. The molecule has 0 saturated carbocycles. The van der Waals surface area contributed by atoms with Gasteiger partial charge in [0.25, 0.3) is 5.69 Å². The van der Waals surface area contributed by atoms with Crippen LogP contribution in [0.2, 0.25) is 0 Å². The molecule has 1 unspecified atom stereocenters. The van der Waals surface area contributed by atoms with Crippen LogP contribution in [0.15, 0.2) is 18.2 Å². The molecule has 0 aromatic heterocycles. The number of benzene rings is 1. The van der Waals surface area contributed by atoms with Gasteiger partial charge in [-0.2, -0.15) is 0 Å². The SMILES string of the molecule is Cl.O=[N+]([O-])c1ccc(OCC(O)CO)c(O)c1. The van der Waals surface area contributed by atoms with Crippen molar-refractivity contribution < 1.29 is 25.0 Å². The Kier molecular flexibility index (Phi) is 6.26. The predicted molar refractivity (Wildman–Crippen MR) is 60.6 cm³/mol. The first kappa shape index (κ1) is 15.4. The molecule has 0 spiro atoms. The number of hydrogen-bond donors (Lipinski definition) is 3. The summed E-state index contributed by atoms with van der Waals surface area (Å²) in [6, 6.07) is 3.33. The highest BCUT2D eigenvalue weighted by Crippen LogP contribution is 2.29. The monoisotopic (exact) mass is 265 g/mol. The number of phenolic OH excluding ortho intramolecular Hbond substituents is 1. The van der Waals surface area contributed by atoms with Gasteiger partial charge in [0.05, 0.1) is 17.6 Å². The summed E-state index contributed by atoms with van der Waals surface area (Å²) < 4.78 is 4.94. The number of aliphatic hydroxyl groups is 2. The van der Waals surface area contributed by atoms with Gasteiger partial charge in [0, 0.05) is 6.07 Å². The van der Waals surface area contributed by atoms with Gasteiger partial charge in [-0.05, 0) is 6.07 Å². The first-order valence-corrected chi connectivity index (χ1v) is 4.43. The third-order valence-electron chi connectivity index (χ3n) is 1.80. The Morgan fingerprint density at radius 3 is 2.59 bits per heavy atom. The summed E-state index contributed by atoms with van der Waals surface area (Å²) in [4.78, 5) is 9.71. The number of rotatable bonds is 5. The zero-order valence-electron chi connectivity index (χ0n) is 8.65. The van der Waals surface area contributed by atoms with Crippen molar-refractivity contribution in [1.29, 1.82) is 0 Å². The minimum atomic E-state index is -1.06. The van der Waals surface area contributed by atoms with E-state index in [2.05, 4.69) is 0 Å². The highest BCUT2D eigenvalue weighted by atomic mass is 35.5. The lowest BCUT2D eigenvalue weighted by molar-refractivity contribution is -0.385. The summed E-state index contributed by atoms with van der Waals surface area (Å²) in [5, 5.41) is 37.2. The molecule has 0 heterocycles. The summed E-state index contributed by atoms with van der Waals surface area (Å²) >= 11 is 0. The van der Waals surface area contributed by atoms with Crippen LogP contribution in [0.5, 0.6) is 11.5 Å². The van der Waals surface area contributed by atoms with Crippen molar-refractivity contribution >= 4 is 18.1 Å². The molecule has 0 saturated heterocycles. The molecule has 1 aromatic carbocycles. The van der Waals surface area contributed by atoms with Crippen LogP contribution in [0.3, 0.4) is 0 Å².